The van der Waals surface area contributed by atoms with Crippen LogP contribution in [0.2, 0.25) is 0 Å². The maximum absolute atomic E-state index is 8.60. The van der Waals surface area contributed by atoms with Crippen LogP contribution < -0.4 is 0 Å². The van der Waals surface area contributed by atoms with E-state index in [2.05, 4.69) is 22.1 Å². The topological polar surface area (TPSA) is 76.3 Å². The van der Waals surface area contributed by atoms with E-state index in [9.17, 15) is 0 Å². The van der Waals surface area contributed by atoms with Crippen LogP contribution in [-0.2, 0) is 12.8 Å². The van der Waals surface area contributed by atoms with E-state index in [0.29, 0.717) is 18.7 Å². The normalized spacial score (nSPS) is 9.88. The SMILES string of the molecule is N#CCCc1cccc2[nH]c(CC#N)nc12. The number of fused-ring (bicyclic) bond motifs is 1. The number of aromatic nitrogens is 2. The van der Waals surface area contributed by atoms with Crippen LogP contribution >= 0.6 is 0 Å². The van der Waals surface area contributed by atoms with E-state index in [0.717, 1.165) is 16.6 Å². The van der Waals surface area contributed by atoms with E-state index in [1.165, 1.54) is 0 Å². The Morgan fingerprint density at radius 2 is 2.12 bits per heavy atom. The van der Waals surface area contributed by atoms with Crippen molar-refractivity contribution in [3.63, 3.8) is 0 Å². The summed E-state index contributed by atoms with van der Waals surface area (Å²) in [6.45, 7) is 0. The summed E-state index contributed by atoms with van der Waals surface area (Å²) in [5, 5.41) is 17.2. The van der Waals surface area contributed by atoms with Crippen molar-refractivity contribution >= 4 is 11.0 Å². The summed E-state index contributed by atoms with van der Waals surface area (Å²) >= 11 is 0. The van der Waals surface area contributed by atoms with Crippen molar-refractivity contribution in [3.05, 3.63) is 29.6 Å². The standard InChI is InChI=1S/C12H10N4/c13-7-2-4-9-3-1-5-10-12(9)16-11(15-10)6-8-14/h1,3,5H,2,4,6H2,(H,15,16). The van der Waals surface area contributed by atoms with Gasteiger partial charge in [0.2, 0.25) is 0 Å². The molecule has 0 radical (unpaired) electrons. The zero-order valence-corrected chi connectivity index (χ0v) is 8.70. The molecule has 0 atom stereocenters. The average Bonchev–Trinajstić information content (AvgIpc) is 2.69. The number of hydrogen-bond acceptors (Lipinski definition) is 3. The quantitative estimate of drug-likeness (QED) is 0.842. The summed E-state index contributed by atoms with van der Waals surface area (Å²) in [6.07, 6.45) is 1.47. The van der Waals surface area contributed by atoms with E-state index in [4.69, 9.17) is 10.5 Å². The first kappa shape index (κ1) is 10.2. The van der Waals surface area contributed by atoms with E-state index in [-0.39, 0.29) is 6.42 Å². The average molecular weight is 210 g/mol. The number of nitrogens with zero attached hydrogens (tertiary/aromatic N) is 3. The minimum atomic E-state index is 0.284. The maximum Gasteiger partial charge on any atom is 0.121 e. The lowest BCUT2D eigenvalue weighted by molar-refractivity contribution is 1.01. The van der Waals surface area contributed by atoms with Gasteiger partial charge in [0.1, 0.15) is 5.82 Å². The van der Waals surface area contributed by atoms with Gasteiger partial charge in [-0.3, -0.25) is 0 Å². The molecule has 0 saturated heterocycles. The molecule has 0 aliphatic carbocycles. The van der Waals surface area contributed by atoms with E-state index in [1.807, 2.05) is 18.2 Å². The fourth-order valence-corrected chi connectivity index (χ4v) is 1.69. The highest BCUT2D eigenvalue weighted by Gasteiger charge is 2.06. The molecule has 16 heavy (non-hydrogen) atoms. The van der Waals surface area contributed by atoms with Crippen molar-refractivity contribution < 1.29 is 0 Å². The molecule has 78 valence electrons. The molecule has 1 aromatic heterocycles. The van der Waals surface area contributed by atoms with Gasteiger partial charge in [0, 0.05) is 6.42 Å². The van der Waals surface area contributed by atoms with Crippen molar-refractivity contribution in [1.29, 1.82) is 10.5 Å². The molecule has 0 bridgehead atoms. The van der Waals surface area contributed by atoms with Gasteiger partial charge in [0.15, 0.2) is 0 Å². The van der Waals surface area contributed by atoms with Crippen molar-refractivity contribution in [2.75, 3.05) is 0 Å². The minimum Gasteiger partial charge on any atom is -0.341 e. The molecular weight excluding hydrogens is 200 g/mol. The van der Waals surface area contributed by atoms with Gasteiger partial charge in [-0.25, -0.2) is 4.98 Å². The molecule has 4 nitrogen and oxygen atoms in total. The van der Waals surface area contributed by atoms with Crippen LogP contribution in [0.5, 0.6) is 0 Å². The Morgan fingerprint density at radius 1 is 1.25 bits per heavy atom. The first-order valence-corrected chi connectivity index (χ1v) is 5.05. The summed E-state index contributed by atoms with van der Waals surface area (Å²) in [6, 6.07) is 10.0. The second-order valence-corrected chi connectivity index (χ2v) is 3.49. The van der Waals surface area contributed by atoms with Crippen molar-refractivity contribution in [2.45, 2.75) is 19.3 Å². The van der Waals surface area contributed by atoms with Gasteiger partial charge < -0.3 is 4.98 Å². The minimum absolute atomic E-state index is 0.284. The number of benzene rings is 1. The molecule has 2 rings (SSSR count). The lowest BCUT2D eigenvalue weighted by Gasteiger charge is -1.97. The Bertz CT molecular complexity index is 583. The van der Waals surface area contributed by atoms with Gasteiger partial charge in [-0.05, 0) is 18.1 Å². The highest BCUT2D eigenvalue weighted by atomic mass is 14.9. The van der Waals surface area contributed by atoms with Crippen LogP contribution in [-0.4, -0.2) is 9.97 Å². The van der Waals surface area contributed by atoms with Gasteiger partial charge in [-0.15, -0.1) is 0 Å². The lowest BCUT2D eigenvalue weighted by Crippen LogP contribution is -1.86. The number of imidazole rings is 1. The Kier molecular flexibility index (Phi) is 2.84. The van der Waals surface area contributed by atoms with E-state index >= 15 is 0 Å². The number of nitrogens with one attached hydrogen (secondary N) is 1. The Hall–Kier alpha value is -2.33. The largest absolute Gasteiger partial charge is 0.341 e. The molecule has 1 heterocycles. The Balaban J connectivity index is 2.43. The number of nitriles is 2. The van der Waals surface area contributed by atoms with E-state index < -0.39 is 0 Å². The van der Waals surface area contributed by atoms with Gasteiger partial charge in [0.05, 0.1) is 29.6 Å². The smallest absolute Gasteiger partial charge is 0.121 e. The third kappa shape index (κ3) is 1.87. The van der Waals surface area contributed by atoms with Crippen molar-refractivity contribution in [1.82, 2.24) is 9.97 Å². The highest BCUT2D eigenvalue weighted by molar-refractivity contribution is 5.78. The molecule has 0 fully saturated rings. The molecule has 4 heteroatoms. The van der Waals surface area contributed by atoms with Gasteiger partial charge >= 0.3 is 0 Å². The first-order chi connectivity index (χ1) is 7.85. The zero-order valence-electron chi connectivity index (χ0n) is 8.70. The number of H-pyrrole nitrogens is 1. The molecule has 0 aliphatic heterocycles. The summed E-state index contributed by atoms with van der Waals surface area (Å²) < 4.78 is 0. The van der Waals surface area contributed by atoms with Gasteiger partial charge in [-0.1, -0.05) is 12.1 Å². The first-order valence-electron chi connectivity index (χ1n) is 5.05. The number of para-hydroxylation sites is 1. The predicted molar refractivity (Wildman–Crippen MR) is 59.3 cm³/mol. The molecule has 1 aromatic carbocycles. The predicted octanol–water partition coefficient (Wildman–Crippen LogP) is 2.09. The molecule has 0 spiro atoms. The third-order valence-corrected chi connectivity index (χ3v) is 2.40. The molecular formula is C12H10N4. The second-order valence-electron chi connectivity index (χ2n) is 3.49. The fraction of sp³-hybridized carbons (Fsp3) is 0.250. The summed E-state index contributed by atoms with van der Waals surface area (Å²) in [5.41, 5.74) is 2.86. The molecule has 1 N–H and O–H groups in total. The highest BCUT2D eigenvalue weighted by Crippen LogP contribution is 2.17. The summed E-state index contributed by atoms with van der Waals surface area (Å²) in [7, 11) is 0. The number of aromatic amines is 1. The molecule has 2 aromatic rings. The second kappa shape index (κ2) is 4.46. The van der Waals surface area contributed by atoms with Crippen molar-refractivity contribution in [2.24, 2.45) is 0 Å². The zero-order chi connectivity index (χ0) is 11.4. The van der Waals surface area contributed by atoms with E-state index in [1.54, 1.807) is 0 Å². The molecule has 0 saturated carbocycles. The Morgan fingerprint density at radius 3 is 2.88 bits per heavy atom. The summed E-state index contributed by atoms with van der Waals surface area (Å²) in [4.78, 5) is 7.46. The van der Waals surface area contributed by atoms with Crippen LogP contribution in [0.25, 0.3) is 11.0 Å². The van der Waals surface area contributed by atoms with Gasteiger partial charge in [0.25, 0.3) is 0 Å². The summed E-state index contributed by atoms with van der Waals surface area (Å²) in [5.74, 6) is 0.682. The van der Waals surface area contributed by atoms with Crippen molar-refractivity contribution in [3.8, 4) is 12.1 Å². The number of aryl methyl sites for hydroxylation is 1. The van der Waals surface area contributed by atoms with Crippen LogP contribution in [0.15, 0.2) is 18.2 Å². The lowest BCUT2D eigenvalue weighted by atomic mass is 10.1. The Labute approximate surface area is 93.2 Å². The van der Waals surface area contributed by atoms with Gasteiger partial charge in [-0.2, -0.15) is 10.5 Å². The monoisotopic (exact) mass is 210 g/mol. The fourth-order valence-electron chi connectivity index (χ4n) is 1.69. The maximum atomic E-state index is 8.60. The van der Waals surface area contributed by atoms with Crippen LogP contribution in [0.1, 0.15) is 17.8 Å². The van der Waals surface area contributed by atoms with Crippen LogP contribution in [0, 0.1) is 22.7 Å². The molecule has 0 unspecified atom stereocenters. The van der Waals surface area contributed by atoms with Crippen LogP contribution in [0.4, 0.5) is 0 Å². The molecule has 0 aliphatic rings. The number of hydrogen-bond donors (Lipinski definition) is 1. The van der Waals surface area contributed by atoms with Crippen LogP contribution in [0.3, 0.4) is 0 Å². The third-order valence-electron chi connectivity index (χ3n) is 2.40. The number of rotatable bonds is 3. The molecule has 0 amide bonds.